The van der Waals surface area contributed by atoms with Gasteiger partial charge in [0, 0.05) is 29.8 Å². The number of fused-ring (bicyclic) bond motifs is 1. The van der Waals surface area contributed by atoms with Crippen LogP contribution in [-0.2, 0) is 6.18 Å². The first kappa shape index (κ1) is 21.7. The summed E-state index contributed by atoms with van der Waals surface area (Å²) in [6, 6.07) is 12.3. The van der Waals surface area contributed by atoms with Crippen molar-refractivity contribution in [2.75, 3.05) is 5.32 Å². The highest BCUT2D eigenvalue weighted by Gasteiger charge is 2.30. The fourth-order valence-corrected chi connectivity index (χ4v) is 2.95. The summed E-state index contributed by atoms with van der Waals surface area (Å²) >= 11 is 0. The largest absolute Gasteiger partial charge is 0.416 e. The van der Waals surface area contributed by atoms with Crippen LogP contribution < -0.4 is 16.3 Å². The summed E-state index contributed by atoms with van der Waals surface area (Å²) in [6.07, 6.45) is 0.926. The van der Waals surface area contributed by atoms with E-state index in [4.69, 9.17) is 0 Å². The van der Waals surface area contributed by atoms with Gasteiger partial charge in [-0.2, -0.15) is 18.3 Å². The summed E-state index contributed by atoms with van der Waals surface area (Å²) < 4.78 is 40.5. The molecule has 0 fully saturated rings. The van der Waals surface area contributed by atoms with Gasteiger partial charge in [0.05, 0.1) is 11.8 Å². The highest BCUT2D eigenvalue weighted by atomic mass is 19.4. The van der Waals surface area contributed by atoms with Crippen molar-refractivity contribution in [3.05, 3.63) is 100 Å². The van der Waals surface area contributed by atoms with Gasteiger partial charge in [0.15, 0.2) is 0 Å². The summed E-state index contributed by atoms with van der Waals surface area (Å²) in [6.45, 7) is 0. The smallest absolute Gasteiger partial charge is 0.339 e. The number of pyridine rings is 2. The first-order valence-corrected chi connectivity index (χ1v) is 9.52. The molecule has 8 nitrogen and oxygen atoms in total. The molecule has 0 spiro atoms. The molecule has 11 heteroatoms. The van der Waals surface area contributed by atoms with Crippen molar-refractivity contribution in [2.24, 2.45) is 5.10 Å². The number of carbonyl (C=O) groups excluding carboxylic acids is 1. The lowest BCUT2D eigenvalue weighted by atomic mass is 10.2. The number of nitrogens with zero attached hydrogens (tertiary/aromatic N) is 4. The Labute approximate surface area is 184 Å². The lowest BCUT2D eigenvalue weighted by Gasteiger charge is -2.12. The van der Waals surface area contributed by atoms with Gasteiger partial charge in [-0.1, -0.05) is 12.1 Å². The molecule has 2 N–H and O–H groups in total. The topological polar surface area (TPSA) is 101 Å². The second kappa shape index (κ2) is 8.91. The molecule has 0 atom stereocenters. The number of hydrogen-bond donors (Lipinski definition) is 2. The summed E-state index contributed by atoms with van der Waals surface area (Å²) in [5, 5.41) is 6.58. The third-order valence-corrected chi connectivity index (χ3v) is 4.52. The zero-order valence-corrected chi connectivity index (χ0v) is 16.7. The van der Waals surface area contributed by atoms with Crippen LogP contribution in [0.2, 0.25) is 0 Å². The number of halogens is 3. The highest BCUT2D eigenvalue weighted by Crippen LogP contribution is 2.31. The van der Waals surface area contributed by atoms with Crippen molar-refractivity contribution in [3.8, 4) is 0 Å². The van der Waals surface area contributed by atoms with Gasteiger partial charge in [-0.3, -0.25) is 19.0 Å². The number of alkyl halides is 3. The molecule has 1 amide bonds. The first-order valence-electron chi connectivity index (χ1n) is 9.52. The van der Waals surface area contributed by atoms with E-state index in [0.29, 0.717) is 5.56 Å². The van der Waals surface area contributed by atoms with Crippen LogP contribution in [0.4, 0.5) is 24.7 Å². The second-order valence-corrected chi connectivity index (χ2v) is 6.75. The molecule has 0 saturated carbocycles. The predicted octanol–water partition coefficient (Wildman–Crippen LogP) is 3.62. The minimum atomic E-state index is -4.53. The zero-order valence-electron chi connectivity index (χ0n) is 16.7. The molecule has 4 rings (SSSR count). The van der Waals surface area contributed by atoms with Crippen LogP contribution in [0.3, 0.4) is 0 Å². The van der Waals surface area contributed by atoms with Crippen molar-refractivity contribution in [3.63, 3.8) is 0 Å². The minimum absolute atomic E-state index is 0.0209. The maximum Gasteiger partial charge on any atom is 0.416 e. The van der Waals surface area contributed by atoms with E-state index in [2.05, 4.69) is 25.8 Å². The van der Waals surface area contributed by atoms with Gasteiger partial charge in [0.25, 0.3) is 11.5 Å². The lowest BCUT2D eigenvalue weighted by Crippen LogP contribution is -2.23. The fourth-order valence-electron chi connectivity index (χ4n) is 2.95. The number of nitrogens with one attached hydrogen (secondary N) is 2. The molecule has 0 aliphatic carbocycles. The number of carbonyl (C=O) groups is 1. The summed E-state index contributed by atoms with van der Waals surface area (Å²) in [5.74, 6) is -0.553. The Morgan fingerprint density at radius 2 is 1.85 bits per heavy atom. The van der Waals surface area contributed by atoms with Crippen LogP contribution in [0.15, 0.2) is 83.1 Å². The molecule has 0 radical (unpaired) electrons. The quantitative estimate of drug-likeness (QED) is 0.356. The van der Waals surface area contributed by atoms with Crippen LogP contribution in [0.1, 0.15) is 21.5 Å². The normalized spacial score (nSPS) is 11.6. The van der Waals surface area contributed by atoms with Gasteiger partial charge in [0.1, 0.15) is 17.0 Å². The molecule has 0 aliphatic rings. The number of anilines is 2. The Bertz CT molecular complexity index is 1400. The van der Waals surface area contributed by atoms with E-state index in [1.807, 2.05) is 0 Å². The van der Waals surface area contributed by atoms with Crippen LogP contribution >= 0.6 is 0 Å². The summed E-state index contributed by atoms with van der Waals surface area (Å²) in [4.78, 5) is 33.3. The number of rotatable bonds is 5. The monoisotopic (exact) mass is 452 g/mol. The Balaban J connectivity index is 1.71. The molecule has 0 unspecified atom stereocenters. The van der Waals surface area contributed by atoms with Crippen LogP contribution in [0, 0.1) is 0 Å². The molecule has 0 bridgehead atoms. The Kier molecular flexibility index (Phi) is 5.85. The number of hydrazone groups is 1. The van der Waals surface area contributed by atoms with Gasteiger partial charge in [-0.25, -0.2) is 10.4 Å². The van der Waals surface area contributed by atoms with E-state index >= 15 is 0 Å². The van der Waals surface area contributed by atoms with Crippen LogP contribution in [-0.4, -0.2) is 26.5 Å². The maximum absolute atomic E-state index is 13.1. The van der Waals surface area contributed by atoms with Crippen LogP contribution in [0.25, 0.3) is 5.65 Å². The molecule has 3 aromatic heterocycles. The predicted molar refractivity (Wildman–Crippen MR) is 115 cm³/mol. The van der Waals surface area contributed by atoms with Crippen LogP contribution in [0.5, 0.6) is 0 Å². The maximum atomic E-state index is 13.1. The number of benzene rings is 1. The van der Waals surface area contributed by atoms with E-state index in [0.717, 1.165) is 18.3 Å². The zero-order chi connectivity index (χ0) is 23.4. The number of amides is 1. The lowest BCUT2D eigenvalue weighted by molar-refractivity contribution is -0.137. The van der Waals surface area contributed by atoms with E-state index in [1.54, 1.807) is 18.2 Å². The van der Waals surface area contributed by atoms with Gasteiger partial charge >= 0.3 is 6.18 Å². The Morgan fingerprint density at radius 3 is 2.61 bits per heavy atom. The Morgan fingerprint density at radius 1 is 1.06 bits per heavy atom. The SMILES string of the molecule is O=C(NN=Cc1c(Nc2cccc(C(F)(F)F)c2)nc2ccccn2c1=O)c1ccncc1. The van der Waals surface area contributed by atoms with E-state index in [-0.39, 0.29) is 22.7 Å². The molecule has 33 heavy (non-hydrogen) atoms. The fraction of sp³-hybridized carbons (Fsp3) is 0.0455. The average molecular weight is 452 g/mol. The number of aromatic nitrogens is 3. The average Bonchev–Trinajstić information content (AvgIpc) is 2.81. The van der Waals surface area contributed by atoms with Crippen molar-refractivity contribution in [1.82, 2.24) is 19.8 Å². The van der Waals surface area contributed by atoms with Gasteiger partial charge < -0.3 is 5.32 Å². The first-order chi connectivity index (χ1) is 15.8. The summed E-state index contributed by atoms with van der Waals surface area (Å²) in [5.41, 5.74) is 1.50. The minimum Gasteiger partial charge on any atom is -0.339 e. The third-order valence-electron chi connectivity index (χ3n) is 4.52. The van der Waals surface area contributed by atoms with Crippen molar-refractivity contribution in [1.29, 1.82) is 0 Å². The standard InChI is InChI=1S/C22H15F3N6O2/c23-22(24,25)15-4-3-5-16(12-15)28-19-17(21(33)31-11-2-1-6-18(31)29-19)13-27-30-20(32)14-7-9-26-10-8-14/h1-13,28H,(H,30,32). The second-order valence-electron chi connectivity index (χ2n) is 6.75. The molecular weight excluding hydrogens is 437 g/mol. The van der Waals surface area contributed by atoms with Gasteiger partial charge in [-0.05, 0) is 42.5 Å². The molecule has 1 aromatic carbocycles. The van der Waals surface area contributed by atoms with E-state index in [9.17, 15) is 22.8 Å². The highest BCUT2D eigenvalue weighted by molar-refractivity contribution is 5.95. The molecule has 3 heterocycles. The van der Waals surface area contributed by atoms with Crippen molar-refractivity contribution >= 4 is 29.3 Å². The molecule has 0 saturated heterocycles. The van der Waals surface area contributed by atoms with Gasteiger partial charge in [0.2, 0.25) is 0 Å². The summed E-state index contributed by atoms with van der Waals surface area (Å²) in [7, 11) is 0. The van der Waals surface area contributed by atoms with E-state index in [1.165, 1.54) is 47.3 Å². The van der Waals surface area contributed by atoms with Crippen molar-refractivity contribution in [2.45, 2.75) is 6.18 Å². The third kappa shape index (κ3) is 4.87. The molecule has 166 valence electrons. The van der Waals surface area contributed by atoms with Crippen molar-refractivity contribution < 1.29 is 18.0 Å². The Hall–Kier alpha value is -4.54. The number of hydrogen-bond acceptors (Lipinski definition) is 6. The molecule has 4 aromatic rings. The molecule has 0 aliphatic heterocycles. The van der Waals surface area contributed by atoms with Gasteiger partial charge in [-0.15, -0.1) is 0 Å². The molecular formula is C22H15F3N6O2. The van der Waals surface area contributed by atoms with E-state index < -0.39 is 23.2 Å².